The molecule has 0 rings (SSSR count). The lowest BCUT2D eigenvalue weighted by Crippen LogP contribution is -2.37. The van der Waals surface area contributed by atoms with E-state index in [4.69, 9.17) is 18.5 Å². The van der Waals surface area contributed by atoms with E-state index in [1.165, 1.54) is 225 Å². The van der Waals surface area contributed by atoms with Crippen LogP contribution in [0.25, 0.3) is 0 Å². The maximum atomic E-state index is 12.8. The summed E-state index contributed by atoms with van der Waals surface area (Å²) < 4.78 is 34.2. The second kappa shape index (κ2) is 61.3. The zero-order valence-electron chi connectivity index (χ0n) is 53.3. The van der Waals surface area contributed by atoms with E-state index in [0.717, 1.165) is 64.2 Å². The molecule has 0 aliphatic heterocycles. The van der Waals surface area contributed by atoms with Crippen molar-refractivity contribution in [1.82, 2.24) is 0 Å². The smallest absolute Gasteiger partial charge is 0.306 e. The standard InChI is InChI=1S/C70H130NO8P/c1-6-8-10-12-14-16-18-20-22-24-25-26-27-28-29-30-31-32-33-34-35-36-37-38-39-40-41-42-43-44-45-47-49-51-53-55-57-59-61-63-70(73)79-68(67-78-80(74,75)77-65-64-71(3,4)5)66-76-69(72)62-60-58-56-54-52-50-48-46-23-21-19-17-15-13-11-9-7-2/h15,17-18,20-21,23-25,27-28,68H,6-14,16,19,22,26,29-67H2,1-5H3/b17-15-,20-18-,23-21-,25-24-,28-27-. The molecular weight excluding hydrogens is 1010 g/mol. The molecule has 0 N–H and O–H groups in total. The summed E-state index contributed by atoms with van der Waals surface area (Å²) in [6.07, 6.45) is 80.2. The van der Waals surface area contributed by atoms with E-state index < -0.39 is 26.5 Å². The minimum Gasteiger partial charge on any atom is -0.756 e. The summed E-state index contributed by atoms with van der Waals surface area (Å²) in [6, 6.07) is 0. The summed E-state index contributed by atoms with van der Waals surface area (Å²) in [5.74, 6) is -0.830. The zero-order chi connectivity index (χ0) is 58.4. The Balaban J connectivity index is 3.92. The minimum absolute atomic E-state index is 0.0316. The third kappa shape index (κ3) is 64.9. The number of unbranched alkanes of at least 4 members (excludes halogenated alkanes) is 39. The Morgan fingerprint density at radius 3 is 1.02 bits per heavy atom. The maximum Gasteiger partial charge on any atom is 0.306 e. The number of likely N-dealkylation sites (N-methyl/N-ethyl adjacent to an activating group) is 1. The average molecular weight is 1140 g/mol. The van der Waals surface area contributed by atoms with Crippen LogP contribution in [0, 0.1) is 0 Å². The van der Waals surface area contributed by atoms with Crippen LogP contribution < -0.4 is 4.89 Å². The number of hydrogen-bond donors (Lipinski definition) is 0. The molecule has 0 bridgehead atoms. The van der Waals surface area contributed by atoms with Crippen molar-refractivity contribution in [3.05, 3.63) is 60.8 Å². The summed E-state index contributed by atoms with van der Waals surface area (Å²) in [4.78, 5) is 37.9. The van der Waals surface area contributed by atoms with E-state index in [0.29, 0.717) is 17.4 Å². The highest BCUT2D eigenvalue weighted by Gasteiger charge is 2.22. The largest absolute Gasteiger partial charge is 0.756 e. The van der Waals surface area contributed by atoms with Crippen molar-refractivity contribution in [3.8, 4) is 0 Å². The topological polar surface area (TPSA) is 111 Å². The van der Waals surface area contributed by atoms with Gasteiger partial charge in [0.1, 0.15) is 19.8 Å². The number of ether oxygens (including phenoxy) is 2. The summed E-state index contributed by atoms with van der Waals surface area (Å²) in [5, 5.41) is 0. The second-order valence-electron chi connectivity index (χ2n) is 24.2. The quantitative estimate of drug-likeness (QED) is 0.0195. The molecule has 80 heavy (non-hydrogen) atoms. The van der Waals surface area contributed by atoms with Crippen molar-refractivity contribution in [1.29, 1.82) is 0 Å². The highest BCUT2D eigenvalue weighted by atomic mass is 31.2. The van der Waals surface area contributed by atoms with Crippen LogP contribution in [-0.2, 0) is 32.7 Å². The Hall–Kier alpha value is -2.29. The van der Waals surface area contributed by atoms with Gasteiger partial charge < -0.3 is 27.9 Å². The van der Waals surface area contributed by atoms with Gasteiger partial charge in [0.15, 0.2) is 6.10 Å². The van der Waals surface area contributed by atoms with Gasteiger partial charge in [-0.2, -0.15) is 0 Å². The Kier molecular flexibility index (Phi) is 59.5. The molecule has 2 atom stereocenters. The molecule has 9 nitrogen and oxygen atoms in total. The molecule has 0 spiro atoms. The number of rotatable bonds is 63. The predicted octanol–water partition coefficient (Wildman–Crippen LogP) is 21.2. The van der Waals surface area contributed by atoms with Crippen molar-refractivity contribution in [2.45, 2.75) is 328 Å². The molecule has 0 radical (unpaired) electrons. The molecule has 0 aliphatic carbocycles. The van der Waals surface area contributed by atoms with Crippen molar-refractivity contribution in [2.24, 2.45) is 0 Å². The van der Waals surface area contributed by atoms with Crippen LogP contribution in [0.4, 0.5) is 0 Å². The number of nitrogens with zero attached hydrogens (tertiary/aromatic N) is 1. The monoisotopic (exact) mass is 1140 g/mol. The molecule has 0 aromatic rings. The number of quaternary nitrogens is 1. The lowest BCUT2D eigenvalue weighted by molar-refractivity contribution is -0.870. The van der Waals surface area contributed by atoms with E-state index in [2.05, 4.69) is 74.6 Å². The molecule has 0 saturated carbocycles. The molecule has 2 unspecified atom stereocenters. The fraction of sp³-hybridized carbons (Fsp3) is 0.829. The van der Waals surface area contributed by atoms with Crippen molar-refractivity contribution >= 4 is 19.8 Å². The van der Waals surface area contributed by atoms with E-state index >= 15 is 0 Å². The Bertz CT molecular complexity index is 1530. The number of hydrogen-bond acceptors (Lipinski definition) is 8. The second-order valence-corrected chi connectivity index (χ2v) is 25.6. The van der Waals surface area contributed by atoms with Gasteiger partial charge in [0.25, 0.3) is 7.82 Å². The highest BCUT2D eigenvalue weighted by Crippen LogP contribution is 2.38. The van der Waals surface area contributed by atoms with Gasteiger partial charge in [-0.15, -0.1) is 0 Å². The third-order valence-corrected chi connectivity index (χ3v) is 16.0. The van der Waals surface area contributed by atoms with E-state index in [1.54, 1.807) is 0 Å². The Morgan fingerprint density at radius 2 is 0.675 bits per heavy atom. The first-order chi connectivity index (χ1) is 39.0. The van der Waals surface area contributed by atoms with Crippen LogP contribution >= 0.6 is 7.82 Å². The molecule has 0 aliphatic rings. The van der Waals surface area contributed by atoms with Crippen LogP contribution in [-0.4, -0.2) is 70.0 Å². The molecule has 10 heteroatoms. The maximum absolute atomic E-state index is 12.8. The molecule has 468 valence electrons. The number of carbonyl (C=O) groups excluding carboxylic acids is 2. The zero-order valence-corrected chi connectivity index (χ0v) is 54.2. The van der Waals surface area contributed by atoms with E-state index in [9.17, 15) is 19.0 Å². The first kappa shape index (κ1) is 77.7. The van der Waals surface area contributed by atoms with Gasteiger partial charge in [-0.05, 0) is 83.5 Å². The first-order valence-corrected chi connectivity index (χ1v) is 35.5. The molecule has 0 saturated heterocycles. The fourth-order valence-corrected chi connectivity index (χ4v) is 10.5. The number of phosphoric acid groups is 1. The fourth-order valence-electron chi connectivity index (χ4n) is 9.76. The van der Waals surface area contributed by atoms with Gasteiger partial charge in [0.05, 0.1) is 27.7 Å². The molecule has 0 aromatic heterocycles. The Morgan fingerprint density at radius 1 is 0.388 bits per heavy atom. The lowest BCUT2D eigenvalue weighted by atomic mass is 10.0. The number of esters is 2. The summed E-state index contributed by atoms with van der Waals surface area (Å²) >= 11 is 0. The van der Waals surface area contributed by atoms with Gasteiger partial charge in [-0.3, -0.25) is 14.2 Å². The number of allylic oxidation sites excluding steroid dienone is 10. The van der Waals surface area contributed by atoms with Crippen LogP contribution in [0.15, 0.2) is 60.8 Å². The molecule has 0 fully saturated rings. The molecule has 0 amide bonds. The number of phosphoric ester groups is 1. The summed E-state index contributed by atoms with van der Waals surface area (Å²) in [5.41, 5.74) is 0. The SMILES string of the molecule is CCCCC/C=C\C/C=C\CCCCCCCCCC(=O)OCC(COP(=O)([O-])OCC[N+](C)(C)C)OC(=O)CCCCCCCCCCCCCCCCCCCCCCCCCC/C=C\C/C=C\C/C=C\CCCCCCC. The van der Waals surface area contributed by atoms with Crippen molar-refractivity contribution in [3.63, 3.8) is 0 Å². The van der Waals surface area contributed by atoms with Gasteiger partial charge in [0.2, 0.25) is 0 Å². The predicted molar refractivity (Wildman–Crippen MR) is 342 cm³/mol. The normalized spacial score (nSPS) is 13.5. The molecular formula is C70H130NO8P. The molecule has 0 aromatic carbocycles. The van der Waals surface area contributed by atoms with Gasteiger partial charge in [0, 0.05) is 12.8 Å². The van der Waals surface area contributed by atoms with E-state index in [1.807, 2.05) is 21.1 Å². The van der Waals surface area contributed by atoms with Crippen LogP contribution in [0.2, 0.25) is 0 Å². The summed E-state index contributed by atoms with van der Waals surface area (Å²) in [6.45, 7) is 4.23. The Labute approximate surface area is 496 Å². The third-order valence-electron chi connectivity index (χ3n) is 15.0. The van der Waals surface area contributed by atoms with Gasteiger partial charge in [-0.25, -0.2) is 0 Å². The molecule has 0 heterocycles. The van der Waals surface area contributed by atoms with Crippen molar-refractivity contribution in [2.75, 3.05) is 47.5 Å². The number of carbonyl (C=O) groups is 2. The van der Waals surface area contributed by atoms with Crippen LogP contribution in [0.1, 0.15) is 322 Å². The van der Waals surface area contributed by atoms with Crippen LogP contribution in [0.3, 0.4) is 0 Å². The van der Waals surface area contributed by atoms with Gasteiger partial charge in [-0.1, -0.05) is 286 Å². The minimum atomic E-state index is -4.64. The lowest BCUT2D eigenvalue weighted by Gasteiger charge is -2.28. The summed E-state index contributed by atoms with van der Waals surface area (Å²) in [7, 11) is 1.17. The first-order valence-electron chi connectivity index (χ1n) is 34.0. The average Bonchev–Trinajstić information content (AvgIpc) is 3.42. The van der Waals surface area contributed by atoms with Crippen molar-refractivity contribution < 1.29 is 42.1 Å². The van der Waals surface area contributed by atoms with Crippen LogP contribution in [0.5, 0.6) is 0 Å². The van der Waals surface area contributed by atoms with Gasteiger partial charge >= 0.3 is 11.9 Å². The highest BCUT2D eigenvalue weighted by molar-refractivity contribution is 7.45. The van der Waals surface area contributed by atoms with E-state index in [-0.39, 0.29) is 32.0 Å².